The SMILES string of the molecule is CCCCCCCCCCOC(=O)C(CCC(F)(F)C(F)(F)C(F)(F)C(F)(F)F)(CC(=O)[O-])S(=O)(=O)O.[Na+]. The molecule has 1 unspecified atom stereocenters. The van der Waals surface area contributed by atoms with Crippen molar-refractivity contribution < 1.29 is 101 Å². The average molecular weight is 606 g/mol. The van der Waals surface area contributed by atoms with Crippen LogP contribution in [0.1, 0.15) is 77.6 Å². The molecule has 0 saturated heterocycles. The van der Waals surface area contributed by atoms with Gasteiger partial charge in [0.05, 0.1) is 6.61 Å². The molecule has 0 spiro atoms. The maximum absolute atomic E-state index is 13.9. The minimum Gasteiger partial charge on any atom is -0.550 e. The van der Waals surface area contributed by atoms with Crippen molar-refractivity contribution in [2.45, 2.75) is 106 Å². The second-order valence-electron chi connectivity index (χ2n) is 8.48. The molecule has 0 rings (SSSR count). The van der Waals surface area contributed by atoms with Crippen LogP contribution in [0.3, 0.4) is 0 Å². The number of carbonyl (C=O) groups excluding carboxylic acids is 2. The Morgan fingerprint density at radius 2 is 1.24 bits per heavy atom. The van der Waals surface area contributed by atoms with E-state index in [2.05, 4.69) is 4.74 Å². The second kappa shape index (κ2) is 15.3. The molecule has 220 valence electrons. The van der Waals surface area contributed by atoms with Crippen LogP contribution < -0.4 is 34.7 Å². The number of alkyl halides is 9. The van der Waals surface area contributed by atoms with Crippen molar-refractivity contribution in [2.75, 3.05) is 6.61 Å². The Kier molecular flexibility index (Phi) is 15.8. The number of rotatable bonds is 18. The van der Waals surface area contributed by atoms with E-state index in [-0.39, 0.29) is 36.0 Å². The molecule has 0 aromatic carbocycles. The van der Waals surface area contributed by atoms with Gasteiger partial charge in [0.2, 0.25) is 0 Å². The molecule has 1 atom stereocenters. The van der Waals surface area contributed by atoms with Gasteiger partial charge in [0, 0.05) is 18.8 Å². The summed E-state index contributed by atoms with van der Waals surface area (Å²) >= 11 is 0. The van der Waals surface area contributed by atoms with Gasteiger partial charge in [-0.1, -0.05) is 51.9 Å². The van der Waals surface area contributed by atoms with E-state index in [1.54, 1.807) is 0 Å². The van der Waals surface area contributed by atoms with E-state index in [1.807, 2.05) is 6.92 Å². The smallest absolute Gasteiger partial charge is 0.550 e. The quantitative estimate of drug-likeness (QED) is 0.0829. The van der Waals surface area contributed by atoms with E-state index in [9.17, 15) is 67.2 Å². The van der Waals surface area contributed by atoms with Gasteiger partial charge in [0.25, 0.3) is 10.1 Å². The van der Waals surface area contributed by atoms with E-state index < -0.39 is 76.6 Å². The molecule has 0 bridgehead atoms. The van der Waals surface area contributed by atoms with E-state index in [0.717, 1.165) is 32.1 Å². The summed E-state index contributed by atoms with van der Waals surface area (Å²) in [4.78, 5) is 23.4. The largest absolute Gasteiger partial charge is 1.00 e. The number of unbranched alkanes of at least 4 members (excludes halogenated alkanes) is 7. The average Bonchev–Trinajstić information content (AvgIpc) is 2.73. The standard InChI is InChI=1S/C20H29F9O7S.Na/c1-2-3-4-5-6-7-8-9-12-36-15(32)16(13-14(30)31,37(33,34)35)10-11-17(21,22)18(23,24)19(25,26)20(27,28)29;/h2-13H2,1H3,(H,30,31)(H,33,34,35);/q;+1/p-1. The zero-order valence-electron chi connectivity index (χ0n) is 20.7. The third-order valence-corrected chi connectivity index (χ3v) is 7.08. The van der Waals surface area contributed by atoms with Crippen molar-refractivity contribution in [3.63, 3.8) is 0 Å². The van der Waals surface area contributed by atoms with E-state index in [4.69, 9.17) is 0 Å². The molecular weight excluding hydrogens is 578 g/mol. The predicted molar refractivity (Wildman–Crippen MR) is 108 cm³/mol. The number of ether oxygens (including phenoxy) is 1. The van der Waals surface area contributed by atoms with Gasteiger partial charge in [-0.05, 0) is 12.8 Å². The summed E-state index contributed by atoms with van der Waals surface area (Å²) in [6, 6.07) is 0. The number of carboxylic acids is 1. The van der Waals surface area contributed by atoms with Gasteiger partial charge in [0.1, 0.15) is 0 Å². The minimum absolute atomic E-state index is 0. The molecule has 1 N–H and O–H groups in total. The van der Waals surface area contributed by atoms with Gasteiger partial charge in [-0.25, -0.2) is 0 Å². The van der Waals surface area contributed by atoms with E-state index in [1.165, 1.54) is 0 Å². The fraction of sp³-hybridized carbons (Fsp3) is 0.900. The summed E-state index contributed by atoms with van der Waals surface area (Å²) < 4.78 is 152. The number of aliphatic carboxylic acids is 1. The van der Waals surface area contributed by atoms with Crippen molar-refractivity contribution in [2.24, 2.45) is 0 Å². The monoisotopic (exact) mass is 606 g/mol. The van der Waals surface area contributed by atoms with Gasteiger partial charge in [-0.2, -0.15) is 47.9 Å². The first-order valence-corrected chi connectivity index (χ1v) is 12.6. The first-order valence-electron chi connectivity index (χ1n) is 11.1. The Bertz CT molecular complexity index is 867. The van der Waals surface area contributed by atoms with Crippen LogP contribution in [-0.4, -0.2) is 60.2 Å². The number of hydrogen-bond acceptors (Lipinski definition) is 6. The Balaban J connectivity index is 0. The fourth-order valence-electron chi connectivity index (χ4n) is 3.28. The Hall–Kier alpha value is -0.780. The molecule has 0 radical (unpaired) electrons. The third-order valence-electron chi connectivity index (χ3n) is 5.58. The van der Waals surface area contributed by atoms with Crippen LogP contribution in [0.25, 0.3) is 0 Å². The van der Waals surface area contributed by atoms with E-state index in [0.29, 0.717) is 12.8 Å². The molecular formula is C20H28F9NaO7S. The van der Waals surface area contributed by atoms with Crippen LogP contribution in [0.4, 0.5) is 39.5 Å². The van der Waals surface area contributed by atoms with Crippen molar-refractivity contribution in [1.29, 1.82) is 0 Å². The number of halogens is 9. The molecule has 0 aliphatic carbocycles. The Morgan fingerprint density at radius 3 is 1.63 bits per heavy atom. The van der Waals surface area contributed by atoms with Gasteiger partial charge >= 0.3 is 59.5 Å². The molecule has 0 aliphatic rings. The van der Waals surface area contributed by atoms with Crippen molar-refractivity contribution in [3.05, 3.63) is 0 Å². The van der Waals surface area contributed by atoms with Crippen LogP contribution in [0, 0.1) is 0 Å². The molecule has 0 fully saturated rings. The van der Waals surface area contributed by atoms with Gasteiger partial charge in [0.15, 0.2) is 4.75 Å². The number of carboxylic acid groups (broad SMARTS) is 1. The molecule has 0 heterocycles. The summed E-state index contributed by atoms with van der Waals surface area (Å²) in [6.45, 7) is 1.38. The van der Waals surface area contributed by atoms with Crippen molar-refractivity contribution >= 4 is 22.1 Å². The summed E-state index contributed by atoms with van der Waals surface area (Å²) in [7, 11) is -6.10. The van der Waals surface area contributed by atoms with Crippen LogP contribution in [0.5, 0.6) is 0 Å². The van der Waals surface area contributed by atoms with Gasteiger partial charge in [-0.15, -0.1) is 0 Å². The second-order valence-corrected chi connectivity index (χ2v) is 10.2. The third kappa shape index (κ3) is 10.0. The van der Waals surface area contributed by atoms with Crippen LogP contribution in [0.2, 0.25) is 0 Å². The zero-order valence-corrected chi connectivity index (χ0v) is 23.5. The zero-order chi connectivity index (χ0) is 29.3. The molecule has 38 heavy (non-hydrogen) atoms. The molecule has 0 amide bonds. The maximum atomic E-state index is 13.9. The first-order chi connectivity index (χ1) is 16.6. The van der Waals surface area contributed by atoms with Crippen LogP contribution in [0.15, 0.2) is 0 Å². The van der Waals surface area contributed by atoms with Gasteiger partial charge < -0.3 is 14.6 Å². The number of hydrogen-bond donors (Lipinski definition) is 1. The Morgan fingerprint density at radius 1 is 0.789 bits per heavy atom. The molecule has 0 aromatic heterocycles. The van der Waals surface area contributed by atoms with Crippen molar-refractivity contribution in [3.8, 4) is 0 Å². The topological polar surface area (TPSA) is 121 Å². The molecule has 7 nitrogen and oxygen atoms in total. The molecule has 0 aromatic rings. The summed E-state index contributed by atoms with van der Waals surface area (Å²) in [5.41, 5.74) is 0. The molecule has 0 saturated carbocycles. The first kappa shape index (κ1) is 39.4. The summed E-state index contributed by atoms with van der Waals surface area (Å²) in [6.07, 6.45) is -8.69. The Labute approximate surface area is 235 Å². The number of carbonyl (C=O) groups is 2. The fourth-order valence-corrected chi connectivity index (χ4v) is 4.21. The van der Waals surface area contributed by atoms with Crippen molar-refractivity contribution in [1.82, 2.24) is 0 Å². The summed E-state index contributed by atoms with van der Waals surface area (Å²) in [5, 5.41) is 11.0. The summed E-state index contributed by atoms with van der Waals surface area (Å²) in [5.74, 6) is -25.5. The van der Waals surface area contributed by atoms with Crippen LogP contribution in [-0.2, 0) is 24.4 Å². The van der Waals surface area contributed by atoms with E-state index >= 15 is 0 Å². The molecule has 0 aliphatic heterocycles. The molecule has 18 heteroatoms. The minimum atomic E-state index is -7.30. The van der Waals surface area contributed by atoms with Crippen LogP contribution >= 0.6 is 0 Å². The van der Waals surface area contributed by atoms with Gasteiger partial charge in [-0.3, -0.25) is 9.35 Å². The maximum Gasteiger partial charge on any atom is 1.00 e. The number of esters is 1. The predicted octanol–water partition coefficient (Wildman–Crippen LogP) is 1.69. The normalized spacial score (nSPS) is 14.9.